The Morgan fingerprint density at radius 1 is 0.932 bits per heavy atom. The van der Waals surface area contributed by atoms with Crippen LogP contribution in [0.2, 0.25) is 0 Å². The Bertz CT molecular complexity index is 1990. The van der Waals surface area contributed by atoms with Crippen LogP contribution in [0.5, 0.6) is 0 Å². The van der Waals surface area contributed by atoms with Crippen LogP contribution in [0, 0.1) is 11.2 Å². The second kappa shape index (κ2) is 11.5. The first-order valence-corrected chi connectivity index (χ1v) is 14.5. The van der Waals surface area contributed by atoms with Gasteiger partial charge in [-0.05, 0) is 67.7 Å². The van der Waals surface area contributed by atoms with Crippen molar-refractivity contribution >= 4 is 39.1 Å². The van der Waals surface area contributed by atoms with Crippen LogP contribution in [0.25, 0.3) is 55.6 Å². The average molecular weight is 591 g/mol. The van der Waals surface area contributed by atoms with E-state index in [4.69, 9.17) is 0 Å². The second-order valence-corrected chi connectivity index (χ2v) is 12.3. The quantitative estimate of drug-likeness (QED) is 0.153. The fourth-order valence-corrected chi connectivity index (χ4v) is 5.05. The lowest BCUT2D eigenvalue weighted by atomic mass is 9.95. The van der Waals surface area contributed by atoms with Gasteiger partial charge in [0, 0.05) is 52.2 Å². The fourth-order valence-electron chi connectivity index (χ4n) is 5.05. The van der Waals surface area contributed by atoms with Crippen molar-refractivity contribution in [1.82, 2.24) is 30.0 Å². The second-order valence-electron chi connectivity index (χ2n) is 12.3. The number of fused-ring (bicyclic) bond motifs is 2. The summed E-state index contributed by atoms with van der Waals surface area (Å²) in [5.74, 6) is -0.386. The molecule has 1 amide bonds. The molecule has 4 aromatic heterocycles. The molecule has 0 radical (unpaired) electrons. The largest absolute Gasteiger partial charge is 0.384 e. The first kappa shape index (κ1) is 29.0. The van der Waals surface area contributed by atoms with E-state index in [0.29, 0.717) is 17.9 Å². The van der Waals surface area contributed by atoms with Gasteiger partial charge in [0.2, 0.25) is 5.91 Å². The van der Waals surface area contributed by atoms with Gasteiger partial charge in [-0.2, -0.15) is 5.10 Å². The van der Waals surface area contributed by atoms with Crippen molar-refractivity contribution in [2.24, 2.45) is 5.41 Å². The minimum absolute atomic E-state index is 0.0924. The summed E-state index contributed by atoms with van der Waals surface area (Å²) in [6, 6.07) is 16.9. The first-order chi connectivity index (χ1) is 21.0. The Kier molecular flexibility index (Phi) is 7.60. The molecule has 10 heteroatoms. The van der Waals surface area contributed by atoms with Crippen molar-refractivity contribution < 1.29 is 9.18 Å². The summed E-state index contributed by atoms with van der Waals surface area (Å²) in [7, 11) is 4.01. The maximum atomic E-state index is 14.7. The minimum atomic E-state index is -0.530. The number of rotatable bonds is 8. The van der Waals surface area contributed by atoms with Gasteiger partial charge in [0.15, 0.2) is 0 Å². The summed E-state index contributed by atoms with van der Waals surface area (Å²) >= 11 is 0. The highest BCUT2D eigenvalue weighted by Crippen LogP contribution is 2.36. The molecule has 4 N–H and O–H groups in total. The average Bonchev–Trinajstić information content (AvgIpc) is 3.60. The van der Waals surface area contributed by atoms with Crippen molar-refractivity contribution in [2.75, 3.05) is 37.8 Å². The molecule has 0 fully saturated rings. The van der Waals surface area contributed by atoms with E-state index in [2.05, 4.69) is 46.7 Å². The monoisotopic (exact) mass is 590 g/mol. The lowest BCUT2D eigenvalue weighted by Gasteiger charge is -2.17. The van der Waals surface area contributed by atoms with Crippen molar-refractivity contribution in [3.05, 3.63) is 79.0 Å². The summed E-state index contributed by atoms with van der Waals surface area (Å²) in [5.41, 5.74) is 7.25. The van der Waals surface area contributed by atoms with Crippen LogP contribution < -0.4 is 10.6 Å². The molecule has 2 aromatic carbocycles. The maximum absolute atomic E-state index is 14.7. The zero-order chi connectivity index (χ0) is 31.0. The van der Waals surface area contributed by atoms with Gasteiger partial charge in [0.05, 0.1) is 35.0 Å². The molecule has 0 aliphatic heterocycles. The molecule has 0 bridgehead atoms. The molecule has 0 unspecified atom stereocenters. The first-order valence-electron chi connectivity index (χ1n) is 14.5. The van der Waals surface area contributed by atoms with Crippen LogP contribution >= 0.6 is 0 Å². The van der Waals surface area contributed by atoms with E-state index < -0.39 is 5.41 Å². The summed E-state index contributed by atoms with van der Waals surface area (Å²) in [5, 5.41) is 15.8. The third-order valence-corrected chi connectivity index (χ3v) is 7.44. The zero-order valence-electron chi connectivity index (χ0n) is 25.4. The standard InChI is InChI=1S/C34H35FN8O/c1-34(2,3)33(44)39-24-13-21(17-36-18-24)29-16-27-31(19-38-29)41-42-32(27)30-15-26-25(7-6-8-28(26)40-30)20-11-22(35)14-23(12-20)37-9-10-43(4)5/h6-8,11-19,37,40H,9-10H2,1-5H3,(H,39,44)(H,41,42). The Labute approximate surface area is 254 Å². The molecule has 6 rings (SSSR count). The van der Waals surface area contributed by atoms with Gasteiger partial charge in [-0.1, -0.05) is 32.9 Å². The van der Waals surface area contributed by atoms with E-state index >= 15 is 0 Å². The number of nitrogens with one attached hydrogen (secondary N) is 4. The van der Waals surface area contributed by atoms with Gasteiger partial charge in [0.1, 0.15) is 11.5 Å². The number of carbonyl (C=O) groups excluding carboxylic acids is 1. The predicted octanol–water partition coefficient (Wildman–Crippen LogP) is 6.93. The predicted molar refractivity (Wildman–Crippen MR) is 175 cm³/mol. The van der Waals surface area contributed by atoms with Crippen molar-refractivity contribution in [3.8, 4) is 33.8 Å². The summed E-state index contributed by atoms with van der Waals surface area (Å²) in [4.78, 5) is 27.0. The van der Waals surface area contributed by atoms with E-state index in [9.17, 15) is 9.18 Å². The number of hydrogen-bond donors (Lipinski definition) is 4. The van der Waals surface area contributed by atoms with E-state index in [1.165, 1.54) is 6.07 Å². The van der Waals surface area contributed by atoms with E-state index in [0.717, 1.165) is 62.1 Å². The number of H-pyrrole nitrogens is 2. The lowest BCUT2D eigenvalue weighted by molar-refractivity contribution is -0.123. The molecular formula is C34H35FN8O. The van der Waals surface area contributed by atoms with Crippen LogP contribution in [0.3, 0.4) is 0 Å². The number of anilines is 2. The number of amides is 1. The molecule has 0 atom stereocenters. The Balaban J connectivity index is 1.35. The van der Waals surface area contributed by atoms with Crippen molar-refractivity contribution in [3.63, 3.8) is 0 Å². The highest BCUT2D eigenvalue weighted by Gasteiger charge is 2.21. The van der Waals surface area contributed by atoms with Crippen molar-refractivity contribution in [1.29, 1.82) is 0 Å². The number of carbonyl (C=O) groups is 1. The highest BCUT2D eigenvalue weighted by molar-refractivity contribution is 6.02. The van der Waals surface area contributed by atoms with Crippen LogP contribution in [0.1, 0.15) is 20.8 Å². The number of pyridine rings is 2. The SMILES string of the molecule is CN(C)CCNc1cc(F)cc(-c2cccc3[nH]c(-c4n[nH]c5cnc(-c6cncc(NC(=O)C(C)(C)C)c6)cc45)cc23)c1. The maximum Gasteiger partial charge on any atom is 0.229 e. The number of hydrogen-bond acceptors (Lipinski definition) is 6. The number of nitrogens with zero attached hydrogens (tertiary/aromatic N) is 4. The molecule has 6 aromatic rings. The molecule has 0 saturated heterocycles. The summed E-state index contributed by atoms with van der Waals surface area (Å²) in [6.07, 6.45) is 5.09. The molecule has 0 aliphatic carbocycles. The molecular weight excluding hydrogens is 555 g/mol. The number of likely N-dealkylation sites (N-methyl/N-ethyl adjacent to an activating group) is 1. The third kappa shape index (κ3) is 6.02. The minimum Gasteiger partial charge on any atom is -0.384 e. The Hall–Kier alpha value is -5.09. The van der Waals surface area contributed by atoms with Gasteiger partial charge in [-0.3, -0.25) is 19.9 Å². The fraction of sp³-hybridized carbons (Fsp3) is 0.235. The van der Waals surface area contributed by atoms with Gasteiger partial charge in [0.25, 0.3) is 0 Å². The molecule has 44 heavy (non-hydrogen) atoms. The van der Waals surface area contributed by atoms with Crippen LogP contribution in [-0.4, -0.2) is 63.1 Å². The normalized spacial score (nSPS) is 11.9. The van der Waals surface area contributed by atoms with Gasteiger partial charge in [-0.25, -0.2) is 4.39 Å². The van der Waals surface area contributed by atoms with Crippen LogP contribution in [-0.2, 0) is 4.79 Å². The molecule has 0 saturated carbocycles. The summed E-state index contributed by atoms with van der Waals surface area (Å²) < 4.78 is 14.7. The van der Waals surface area contributed by atoms with Gasteiger partial charge < -0.3 is 20.5 Å². The molecule has 4 heterocycles. The van der Waals surface area contributed by atoms with E-state index in [1.807, 2.05) is 71.3 Å². The van der Waals surface area contributed by atoms with Crippen molar-refractivity contribution in [2.45, 2.75) is 20.8 Å². The Morgan fingerprint density at radius 3 is 2.55 bits per heavy atom. The third-order valence-electron chi connectivity index (χ3n) is 7.44. The molecule has 224 valence electrons. The van der Waals surface area contributed by atoms with Gasteiger partial charge in [-0.15, -0.1) is 0 Å². The number of halogens is 1. The van der Waals surface area contributed by atoms with Gasteiger partial charge >= 0.3 is 0 Å². The van der Waals surface area contributed by atoms with E-state index in [-0.39, 0.29) is 11.7 Å². The summed E-state index contributed by atoms with van der Waals surface area (Å²) in [6.45, 7) is 7.14. The van der Waals surface area contributed by atoms with E-state index in [1.54, 1.807) is 24.7 Å². The van der Waals surface area contributed by atoms with Crippen LogP contribution in [0.4, 0.5) is 15.8 Å². The lowest BCUT2D eigenvalue weighted by Crippen LogP contribution is -2.27. The smallest absolute Gasteiger partial charge is 0.229 e. The Morgan fingerprint density at radius 2 is 1.75 bits per heavy atom. The number of benzene rings is 2. The van der Waals surface area contributed by atoms with Crippen LogP contribution in [0.15, 0.2) is 73.2 Å². The number of aromatic amines is 2. The number of aromatic nitrogens is 5. The molecule has 0 aliphatic rings. The highest BCUT2D eigenvalue weighted by atomic mass is 19.1. The zero-order valence-corrected chi connectivity index (χ0v) is 25.4. The topological polar surface area (TPSA) is 115 Å². The molecule has 9 nitrogen and oxygen atoms in total. The molecule has 0 spiro atoms.